The van der Waals surface area contributed by atoms with E-state index in [0.717, 1.165) is 0 Å². The fraction of sp³-hybridized carbons (Fsp3) is 0.714. The Labute approximate surface area is 77.8 Å². The summed E-state index contributed by atoms with van der Waals surface area (Å²) in [4.78, 5) is 23.3. The molecule has 5 nitrogen and oxygen atoms in total. The van der Waals surface area contributed by atoms with Crippen LogP contribution in [0.25, 0.3) is 0 Å². The van der Waals surface area contributed by atoms with Crippen molar-refractivity contribution >= 4 is 19.6 Å². The summed E-state index contributed by atoms with van der Waals surface area (Å²) in [5.41, 5.74) is 0. The van der Waals surface area contributed by atoms with Gasteiger partial charge in [0.15, 0.2) is 5.81 Å². The van der Waals surface area contributed by atoms with Crippen molar-refractivity contribution in [3.05, 3.63) is 0 Å². The average Bonchev–Trinajstić information content (AvgIpc) is 2.17. The molecule has 1 fully saturated rings. The maximum Gasteiger partial charge on any atom is 0.324 e. The summed E-state index contributed by atoms with van der Waals surface area (Å²) in [5, 5.41) is 2.93. The minimum absolute atomic E-state index is 0.280. The molecule has 1 aliphatic rings. The van der Waals surface area contributed by atoms with Crippen LogP contribution in [0.1, 0.15) is 0 Å². The van der Waals surface area contributed by atoms with Gasteiger partial charge in [-0.15, -0.1) is 0 Å². The highest BCUT2D eigenvalue weighted by molar-refractivity contribution is 6.56. The number of hydrogen-bond donors (Lipinski definition) is 1. The first-order valence-electron chi connectivity index (χ1n) is 4.00. The van der Waals surface area contributed by atoms with Crippen LogP contribution < -0.4 is 5.32 Å². The SMILES string of the molecule is [B]C(=O)N1CCN[C@@H](C(=O)OC)C1. The summed E-state index contributed by atoms with van der Waals surface area (Å²) in [6, 6.07) is -0.453. The van der Waals surface area contributed by atoms with Crippen LogP contribution in [0, 0.1) is 0 Å². The lowest BCUT2D eigenvalue weighted by Crippen LogP contribution is -2.55. The number of ether oxygens (including phenoxy) is 1. The van der Waals surface area contributed by atoms with Crippen LogP contribution in [0.15, 0.2) is 0 Å². The molecular formula is C7H11BN2O3. The van der Waals surface area contributed by atoms with Gasteiger partial charge >= 0.3 is 5.97 Å². The molecule has 0 aromatic rings. The van der Waals surface area contributed by atoms with Crippen LogP contribution >= 0.6 is 0 Å². The monoisotopic (exact) mass is 182 g/mol. The highest BCUT2D eigenvalue weighted by atomic mass is 16.5. The molecule has 1 atom stereocenters. The van der Waals surface area contributed by atoms with E-state index >= 15 is 0 Å². The Hall–Kier alpha value is -1.04. The third kappa shape index (κ3) is 2.45. The van der Waals surface area contributed by atoms with Crippen LogP contribution in [-0.2, 0) is 9.53 Å². The Balaban J connectivity index is 2.51. The number of hydrogen-bond acceptors (Lipinski definition) is 4. The van der Waals surface area contributed by atoms with E-state index in [4.69, 9.17) is 7.85 Å². The van der Waals surface area contributed by atoms with E-state index in [2.05, 4.69) is 10.1 Å². The third-order valence-electron chi connectivity index (χ3n) is 1.97. The van der Waals surface area contributed by atoms with E-state index in [1.165, 1.54) is 12.0 Å². The van der Waals surface area contributed by atoms with Gasteiger partial charge in [0.25, 0.3) is 0 Å². The number of methoxy groups -OCH3 is 1. The Kier molecular flexibility index (Phi) is 3.30. The number of carbonyl (C=O) groups excluding carboxylic acids is 2. The highest BCUT2D eigenvalue weighted by Gasteiger charge is 2.26. The lowest BCUT2D eigenvalue weighted by molar-refractivity contribution is -0.143. The van der Waals surface area contributed by atoms with Gasteiger partial charge in [-0.05, 0) is 0 Å². The molecule has 0 aromatic heterocycles. The Morgan fingerprint density at radius 3 is 2.85 bits per heavy atom. The fourth-order valence-corrected chi connectivity index (χ4v) is 1.25. The molecule has 1 amide bonds. The van der Waals surface area contributed by atoms with E-state index in [9.17, 15) is 9.59 Å². The van der Waals surface area contributed by atoms with E-state index in [1.807, 2.05) is 0 Å². The molecule has 0 aliphatic carbocycles. The molecule has 0 aromatic carbocycles. The minimum Gasteiger partial charge on any atom is -0.468 e. The number of piperazine rings is 1. The van der Waals surface area contributed by atoms with Crippen LogP contribution in [0.3, 0.4) is 0 Å². The lowest BCUT2D eigenvalue weighted by Gasteiger charge is -2.31. The van der Waals surface area contributed by atoms with Crippen LogP contribution in [0.2, 0.25) is 0 Å². The number of nitrogens with one attached hydrogen (secondary N) is 1. The van der Waals surface area contributed by atoms with Gasteiger partial charge in [0.05, 0.1) is 7.11 Å². The number of rotatable bonds is 1. The molecule has 70 valence electrons. The Morgan fingerprint density at radius 1 is 1.62 bits per heavy atom. The molecule has 0 saturated carbocycles. The van der Waals surface area contributed by atoms with Gasteiger partial charge in [-0.25, -0.2) is 0 Å². The average molecular weight is 182 g/mol. The standard InChI is InChI=1S/C7H11BN2O3/c1-13-6(11)5-4-10(7(8)12)3-2-9-5/h5,9H,2-4H2,1H3/t5-/m1/s1. The topological polar surface area (TPSA) is 58.6 Å². The van der Waals surface area contributed by atoms with Crippen molar-refractivity contribution in [1.29, 1.82) is 0 Å². The highest BCUT2D eigenvalue weighted by Crippen LogP contribution is 2.00. The maximum absolute atomic E-state index is 11.1. The summed E-state index contributed by atoms with van der Waals surface area (Å²) < 4.78 is 4.54. The molecule has 0 unspecified atom stereocenters. The van der Waals surface area contributed by atoms with Gasteiger partial charge in [0.2, 0.25) is 7.85 Å². The third-order valence-corrected chi connectivity index (χ3v) is 1.97. The molecule has 13 heavy (non-hydrogen) atoms. The van der Waals surface area contributed by atoms with Crippen molar-refractivity contribution in [2.75, 3.05) is 26.7 Å². The van der Waals surface area contributed by atoms with E-state index < -0.39 is 11.8 Å². The number of esters is 1. The predicted molar refractivity (Wildman–Crippen MR) is 46.5 cm³/mol. The molecule has 1 N–H and O–H groups in total. The zero-order chi connectivity index (χ0) is 9.84. The van der Waals surface area contributed by atoms with Crippen molar-refractivity contribution < 1.29 is 14.3 Å². The molecular weight excluding hydrogens is 171 g/mol. The summed E-state index contributed by atoms with van der Waals surface area (Å²) in [5.74, 6) is -0.874. The molecule has 2 radical (unpaired) electrons. The first kappa shape index (κ1) is 10.0. The molecule has 1 rings (SSSR count). The zero-order valence-corrected chi connectivity index (χ0v) is 7.45. The van der Waals surface area contributed by atoms with E-state index in [1.54, 1.807) is 0 Å². The van der Waals surface area contributed by atoms with Gasteiger partial charge in [0.1, 0.15) is 6.04 Å². The molecule has 6 heteroatoms. The summed E-state index contributed by atoms with van der Waals surface area (Å²) in [6.45, 7) is 1.37. The number of amides is 1. The Bertz CT molecular complexity index is 222. The first-order valence-corrected chi connectivity index (χ1v) is 4.00. The van der Waals surface area contributed by atoms with Gasteiger partial charge < -0.3 is 15.0 Å². The summed E-state index contributed by atoms with van der Waals surface area (Å²) >= 11 is 0. The van der Waals surface area contributed by atoms with Crippen LogP contribution in [0.5, 0.6) is 0 Å². The van der Waals surface area contributed by atoms with Crippen molar-refractivity contribution in [3.8, 4) is 0 Å². The molecule has 1 heterocycles. The van der Waals surface area contributed by atoms with Crippen molar-refractivity contribution in [1.82, 2.24) is 10.2 Å². The second-order valence-corrected chi connectivity index (χ2v) is 2.81. The fourth-order valence-electron chi connectivity index (χ4n) is 1.25. The van der Waals surface area contributed by atoms with E-state index in [-0.39, 0.29) is 12.5 Å². The van der Waals surface area contributed by atoms with Gasteiger partial charge in [-0.1, -0.05) is 0 Å². The van der Waals surface area contributed by atoms with E-state index in [0.29, 0.717) is 13.1 Å². The molecule has 1 saturated heterocycles. The predicted octanol–water partition coefficient (Wildman–Crippen LogP) is -1.28. The smallest absolute Gasteiger partial charge is 0.324 e. The van der Waals surface area contributed by atoms with Gasteiger partial charge in [-0.3, -0.25) is 9.59 Å². The van der Waals surface area contributed by atoms with Crippen molar-refractivity contribution in [3.63, 3.8) is 0 Å². The number of carbonyl (C=O) groups is 2. The van der Waals surface area contributed by atoms with Crippen LogP contribution in [0.4, 0.5) is 4.79 Å². The Morgan fingerprint density at radius 2 is 2.31 bits per heavy atom. The van der Waals surface area contributed by atoms with Crippen molar-refractivity contribution in [2.24, 2.45) is 0 Å². The largest absolute Gasteiger partial charge is 0.468 e. The second kappa shape index (κ2) is 4.27. The number of nitrogens with zero attached hydrogens (tertiary/aromatic N) is 1. The zero-order valence-electron chi connectivity index (χ0n) is 7.45. The van der Waals surface area contributed by atoms with Crippen LogP contribution in [-0.4, -0.2) is 57.3 Å². The maximum atomic E-state index is 11.1. The minimum atomic E-state index is -0.504. The quantitative estimate of drug-likeness (QED) is 0.405. The van der Waals surface area contributed by atoms with Gasteiger partial charge in [-0.2, -0.15) is 0 Å². The normalized spacial score (nSPS) is 22.5. The summed E-state index contributed by atoms with van der Waals surface area (Å²) in [6.07, 6.45) is 0. The molecule has 0 bridgehead atoms. The first-order chi connectivity index (χ1) is 6.15. The summed E-state index contributed by atoms with van der Waals surface area (Å²) in [7, 11) is 6.39. The lowest BCUT2D eigenvalue weighted by atomic mass is 10.1. The molecule has 0 spiro atoms. The molecule has 1 aliphatic heterocycles. The van der Waals surface area contributed by atoms with Gasteiger partial charge in [0, 0.05) is 19.6 Å². The second-order valence-electron chi connectivity index (χ2n) is 2.81. The van der Waals surface area contributed by atoms with Crippen molar-refractivity contribution in [2.45, 2.75) is 6.04 Å².